The van der Waals surface area contributed by atoms with Crippen LogP contribution in [0.4, 0.5) is 0 Å². The number of furan rings is 1. The molecule has 0 radical (unpaired) electrons. The number of hydrogen-bond donors (Lipinski definition) is 2. The number of benzene rings is 1. The Morgan fingerprint density at radius 3 is 2.69 bits per heavy atom. The number of nitrogens with one attached hydrogen (secondary N) is 2. The molecular formula is C19H25ClN4O2. The van der Waals surface area contributed by atoms with Gasteiger partial charge in [-0.2, -0.15) is 0 Å². The van der Waals surface area contributed by atoms with E-state index in [1.807, 2.05) is 43.3 Å². The highest BCUT2D eigenvalue weighted by Crippen LogP contribution is 2.21. The van der Waals surface area contributed by atoms with Crippen LogP contribution in [0, 0.1) is 0 Å². The van der Waals surface area contributed by atoms with Gasteiger partial charge in [0.15, 0.2) is 5.96 Å². The Morgan fingerprint density at radius 1 is 1.27 bits per heavy atom. The molecule has 0 bridgehead atoms. The van der Waals surface area contributed by atoms with Gasteiger partial charge in [-0.25, -0.2) is 4.99 Å². The summed E-state index contributed by atoms with van der Waals surface area (Å²) in [6.07, 6.45) is 2.37. The lowest BCUT2D eigenvalue weighted by molar-refractivity contribution is -0.127. The molecule has 2 N–H and O–H groups in total. The van der Waals surface area contributed by atoms with Crippen LogP contribution in [0.25, 0.3) is 0 Å². The lowest BCUT2D eigenvalue weighted by atomic mass is 10.1. The summed E-state index contributed by atoms with van der Waals surface area (Å²) in [7, 11) is 3.42. The van der Waals surface area contributed by atoms with Gasteiger partial charge >= 0.3 is 0 Å². The van der Waals surface area contributed by atoms with Crippen molar-refractivity contribution in [1.82, 2.24) is 15.5 Å². The van der Waals surface area contributed by atoms with Crippen molar-refractivity contribution in [2.24, 2.45) is 4.99 Å². The van der Waals surface area contributed by atoms with Crippen molar-refractivity contribution in [2.75, 3.05) is 27.2 Å². The monoisotopic (exact) mass is 376 g/mol. The van der Waals surface area contributed by atoms with E-state index in [4.69, 9.17) is 16.0 Å². The standard InChI is InChI=1S/C19H25ClN4O2/c1-14(16-8-4-5-9-17(16)20)23-19(22-13-18(25)24(2)3)21-11-10-15-7-6-12-26-15/h4-9,12,14H,10-11,13H2,1-3H3,(H2,21,22,23). The first-order valence-electron chi connectivity index (χ1n) is 8.49. The molecular weight excluding hydrogens is 352 g/mol. The molecule has 6 nitrogen and oxygen atoms in total. The van der Waals surface area contributed by atoms with Crippen molar-refractivity contribution in [3.8, 4) is 0 Å². The van der Waals surface area contributed by atoms with Crippen LogP contribution in [0.3, 0.4) is 0 Å². The molecule has 1 atom stereocenters. The van der Waals surface area contributed by atoms with Crippen LogP contribution < -0.4 is 10.6 Å². The van der Waals surface area contributed by atoms with E-state index >= 15 is 0 Å². The maximum Gasteiger partial charge on any atom is 0.243 e. The van der Waals surface area contributed by atoms with Gasteiger partial charge in [-0.1, -0.05) is 29.8 Å². The smallest absolute Gasteiger partial charge is 0.243 e. The number of halogens is 1. The Hall–Kier alpha value is -2.47. The van der Waals surface area contributed by atoms with E-state index in [1.165, 1.54) is 4.90 Å². The van der Waals surface area contributed by atoms with E-state index in [1.54, 1.807) is 20.4 Å². The number of guanidine groups is 1. The molecule has 1 heterocycles. The third-order valence-corrected chi connectivity index (χ3v) is 4.18. The van der Waals surface area contributed by atoms with Crippen LogP contribution in [-0.2, 0) is 11.2 Å². The quantitative estimate of drug-likeness (QED) is 0.576. The zero-order valence-corrected chi connectivity index (χ0v) is 16.1. The average molecular weight is 377 g/mol. The maximum atomic E-state index is 11.8. The largest absolute Gasteiger partial charge is 0.469 e. The second-order valence-corrected chi connectivity index (χ2v) is 6.50. The summed E-state index contributed by atoms with van der Waals surface area (Å²) >= 11 is 6.27. The van der Waals surface area contributed by atoms with Crippen LogP contribution in [0.2, 0.25) is 5.02 Å². The van der Waals surface area contributed by atoms with E-state index in [9.17, 15) is 4.79 Å². The van der Waals surface area contributed by atoms with E-state index < -0.39 is 0 Å². The molecule has 1 unspecified atom stereocenters. The molecule has 1 amide bonds. The molecule has 140 valence electrons. The minimum absolute atomic E-state index is 0.0620. The predicted molar refractivity (Wildman–Crippen MR) is 104 cm³/mol. The summed E-state index contributed by atoms with van der Waals surface area (Å²) in [6.45, 7) is 2.70. The van der Waals surface area contributed by atoms with E-state index in [2.05, 4.69) is 15.6 Å². The van der Waals surface area contributed by atoms with Gasteiger partial charge in [0, 0.05) is 32.1 Å². The van der Waals surface area contributed by atoms with Crippen molar-refractivity contribution in [2.45, 2.75) is 19.4 Å². The fourth-order valence-electron chi connectivity index (χ4n) is 2.31. The first-order valence-corrected chi connectivity index (χ1v) is 8.87. The minimum Gasteiger partial charge on any atom is -0.469 e. The summed E-state index contributed by atoms with van der Waals surface area (Å²) in [5.41, 5.74) is 0.966. The fraction of sp³-hybridized carbons (Fsp3) is 0.368. The van der Waals surface area contributed by atoms with Crippen LogP contribution >= 0.6 is 11.6 Å². The van der Waals surface area contributed by atoms with Gasteiger partial charge in [0.2, 0.25) is 5.91 Å². The number of aliphatic imine (C=N–C) groups is 1. The molecule has 7 heteroatoms. The normalized spacial score (nSPS) is 12.5. The number of nitrogens with zero attached hydrogens (tertiary/aromatic N) is 2. The number of amides is 1. The lowest BCUT2D eigenvalue weighted by Crippen LogP contribution is -2.40. The number of rotatable bonds is 7. The molecule has 26 heavy (non-hydrogen) atoms. The zero-order chi connectivity index (χ0) is 18.9. The Morgan fingerprint density at radius 2 is 2.04 bits per heavy atom. The Labute approximate surface area is 159 Å². The average Bonchev–Trinajstić information content (AvgIpc) is 3.12. The highest BCUT2D eigenvalue weighted by molar-refractivity contribution is 6.31. The molecule has 0 aliphatic rings. The van der Waals surface area contributed by atoms with Gasteiger partial charge in [-0.3, -0.25) is 4.79 Å². The highest BCUT2D eigenvalue weighted by Gasteiger charge is 2.12. The molecule has 2 rings (SSSR count). The second kappa shape index (κ2) is 9.87. The first kappa shape index (κ1) is 19.8. The summed E-state index contributed by atoms with van der Waals surface area (Å²) < 4.78 is 5.33. The molecule has 1 aromatic carbocycles. The van der Waals surface area contributed by atoms with Crippen molar-refractivity contribution in [3.63, 3.8) is 0 Å². The molecule has 0 aliphatic carbocycles. The number of likely N-dealkylation sites (N-methyl/N-ethyl adjacent to an activating group) is 1. The minimum atomic E-state index is -0.0671. The molecule has 0 fully saturated rings. The summed E-state index contributed by atoms with van der Waals surface area (Å²) in [5.74, 6) is 1.38. The Kier molecular flexibility index (Phi) is 7.53. The Bertz CT molecular complexity index is 729. The van der Waals surface area contributed by atoms with E-state index in [0.29, 0.717) is 17.5 Å². The zero-order valence-electron chi connectivity index (χ0n) is 15.3. The topological polar surface area (TPSA) is 69.9 Å². The fourth-order valence-corrected chi connectivity index (χ4v) is 2.61. The van der Waals surface area contributed by atoms with Gasteiger partial charge in [-0.15, -0.1) is 0 Å². The predicted octanol–water partition coefficient (Wildman–Crippen LogP) is 2.86. The molecule has 0 spiro atoms. The summed E-state index contributed by atoms with van der Waals surface area (Å²) in [4.78, 5) is 17.7. The molecule has 0 saturated carbocycles. The number of carbonyl (C=O) groups is 1. The van der Waals surface area contributed by atoms with Crippen molar-refractivity contribution < 1.29 is 9.21 Å². The van der Waals surface area contributed by atoms with Crippen LogP contribution in [0.15, 0.2) is 52.1 Å². The van der Waals surface area contributed by atoms with Crippen LogP contribution in [-0.4, -0.2) is 44.0 Å². The van der Waals surface area contributed by atoms with Gasteiger partial charge in [0.1, 0.15) is 12.3 Å². The first-order chi connectivity index (χ1) is 12.5. The number of carbonyl (C=O) groups excluding carboxylic acids is 1. The van der Waals surface area contributed by atoms with Crippen molar-refractivity contribution >= 4 is 23.5 Å². The maximum absolute atomic E-state index is 11.8. The Balaban J connectivity index is 2.02. The summed E-state index contributed by atoms with van der Waals surface area (Å²) in [6, 6.07) is 11.4. The SMILES string of the molecule is CC(NC(=NCC(=O)N(C)C)NCCc1ccco1)c1ccccc1Cl. The van der Waals surface area contributed by atoms with Gasteiger partial charge in [0.05, 0.1) is 12.3 Å². The third kappa shape index (κ3) is 6.11. The molecule has 1 aromatic heterocycles. The van der Waals surface area contributed by atoms with Gasteiger partial charge in [0.25, 0.3) is 0 Å². The summed E-state index contributed by atoms with van der Waals surface area (Å²) in [5, 5.41) is 7.23. The van der Waals surface area contributed by atoms with Crippen molar-refractivity contribution in [1.29, 1.82) is 0 Å². The lowest BCUT2D eigenvalue weighted by Gasteiger charge is -2.20. The van der Waals surface area contributed by atoms with E-state index in [-0.39, 0.29) is 18.5 Å². The van der Waals surface area contributed by atoms with Gasteiger partial charge < -0.3 is 20.0 Å². The highest BCUT2D eigenvalue weighted by atomic mass is 35.5. The van der Waals surface area contributed by atoms with Crippen LogP contribution in [0.1, 0.15) is 24.3 Å². The molecule has 0 aliphatic heterocycles. The molecule has 0 saturated heterocycles. The number of hydrogen-bond acceptors (Lipinski definition) is 3. The van der Waals surface area contributed by atoms with Crippen molar-refractivity contribution in [3.05, 3.63) is 59.0 Å². The second-order valence-electron chi connectivity index (χ2n) is 6.10. The van der Waals surface area contributed by atoms with Gasteiger partial charge in [-0.05, 0) is 30.7 Å². The van der Waals surface area contributed by atoms with Crippen LogP contribution in [0.5, 0.6) is 0 Å². The molecule has 2 aromatic rings. The third-order valence-electron chi connectivity index (χ3n) is 3.84. The van der Waals surface area contributed by atoms with E-state index in [0.717, 1.165) is 17.7 Å².